The van der Waals surface area contributed by atoms with Gasteiger partial charge in [-0.15, -0.1) is 11.8 Å². The second-order valence-corrected chi connectivity index (χ2v) is 5.05. The number of anilines is 1. The normalized spacial score (nSPS) is 20.7. The summed E-state index contributed by atoms with van der Waals surface area (Å²) >= 11 is 1.81. The van der Waals surface area contributed by atoms with Crippen molar-refractivity contribution in [2.24, 2.45) is 0 Å². The monoisotopic (exact) mass is 223 g/mol. The molecule has 2 rings (SSSR count). The van der Waals surface area contributed by atoms with Crippen molar-refractivity contribution in [1.29, 1.82) is 0 Å². The largest absolute Gasteiger partial charge is 0.398 e. The third kappa shape index (κ3) is 2.89. The Morgan fingerprint density at radius 2 is 2.40 bits per heavy atom. The molecule has 1 aromatic rings. The van der Waals surface area contributed by atoms with E-state index in [1.54, 1.807) is 0 Å². The fraction of sp³-hybridized carbons (Fsp3) is 0.500. The fourth-order valence-corrected chi connectivity index (χ4v) is 2.86. The van der Waals surface area contributed by atoms with Crippen LogP contribution in [0.4, 0.5) is 5.69 Å². The topological polar surface area (TPSA) is 35.2 Å². The molecule has 82 valence electrons. The molecule has 3 heteroatoms. The Labute approximate surface area is 95.2 Å². The van der Waals surface area contributed by atoms with Crippen LogP contribution in [0.5, 0.6) is 0 Å². The van der Waals surface area contributed by atoms with E-state index in [0.29, 0.717) is 6.10 Å². The highest BCUT2D eigenvalue weighted by Gasteiger charge is 2.15. The van der Waals surface area contributed by atoms with Gasteiger partial charge in [-0.3, -0.25) is 0 Å². The van der Waals surface area contributed by atoms with Crippen molar-refractivity contribution >= 4 is 17.4 Å². The molecule has 0 aliphatic carbocycles. The summed E-state index contributed by atoms with van der Waals surface area (Å²) in [5.74, 6) is 1.02. The SMILES string of the molecule is Cc1ccc(N)c(SCC2CCCO2)c1. The number of ether oxygens (including phenoxy) is 1. The predicted molar refractivity (Wildman–Crippen MR) is 65.3 cm³/mol. The lowest BCUT2D eigenvalue weighted by atomic mass is 10.2. The minimum absolute atomic E-state index is 0.426. The summed E-state index contributed by atoms with van der Waals surface area (Å²) in [6, 6.07) is 6.17. The van der Waals surface area contributed by atoms with Crippen LogP contribution in [0.15, 0.2) is 23.1 Å². The Bertz CT molecular complexity index is 334. The summed E-state index contributed by atoms with van der Waals surface area (Å²) in [5.41, 5.74) is 8.05. The van der Waals surface area contributed by atoms with Gasteiger partial charge >= 0.3 is 0 Å². The van der Waals surface area contributed by atoms with Crippen LogP contribution in [0.1, 0.15) is 18.4 Å². The summed E-state index contributed by atoms with van der Waals surface area (Å²) in [6.07, 6.45) is 2.82. The van der Waals surface area contributed by atoms with Crippen LogP contribution >= 0.6 is 11.8 Å². The van der Waals surface area contributed by atoms with Gasteiger partial charge in [0.05, 0.1) is 6.10 Å². The van der Waals surface area contributed by atoms with Gasteiger partial charge in [0.15, 0.2) is 0 Å². The fourth-order valence-electron chi connectivity index (χ4n) is 1.73. The third-order valence-corrected chi connectivity index (χ3v) is 3.82. The van der Waals surface area contributed by atoms with Crippen LogP contribution in [0.25, 0.3) is 0 Å². The Hall–Kier alpha value is -0.670. The molecule has 0 bridgehead atoms. The van der Waals surface area contributed by atoms with Crippen molar-refractivity contribution in [3.8, 4) is 0 Å². The lowest BCUT2D eigenvalue weighted by Crippen LogP contribution is -2.08. The van der Waals surface area contributed by atoms with Crippen LogP contribution in [0.2, 0.25) is 0 Å². The highest BCUT2D eigenvalue weighted by molar-refractivity contribution is 7.99. The number of nitrogen functional groups attached to an aromatic ring is 1. The molecule has 1 saturated heterocycles. The molecule has 1 aromatic carbocycles. The van der Waals surface area contributed by atoms with Gasteiger partial charge in [0, 0.05) is 22.9 Å². The quantitative estimate of drug-likeness (QED) is 0.632. The van der Waals surface area contributed by atoms with Crippen molar-refractivity contribution in [2.75, 3.05) is 18.1 Å². The summed E-state index contributed by atoms with van der Waals surface area (Å²) in [4.78, 5) is 1.19. The standard InChI is InChI=1S/C12H17NOS/c1-9-4-5-11(13)12(7-9)15-8-10-3-2-6-14-10/h4-5,7,10H,2-3,6,8,13H2,1H3. The molecule has 1 unspecified atom stereocenters. The molecule has 2 N–H and O–H groups in total. The van der Waals surface area contributed by atoms with E-state index in [4.69, 9.17) is 10.5 Å². The van der Waals surface area contributed by atoms with E-state index >= 15 is 0 Å². The Morgan fingerprint density at radius 1 is 1.53 bits per heavy atom. The van der Waals surface area contributed by atoms with Gasteiger partial charge in [0.25, 0.3) is 0 Å². The first-order valence-corrected chi connectivity index (χ1v) is 6.35. The smallest absolute Gasteiger partial charge is 0.0669 e. The first kappa shape index (κ1) is 10.8. The van der Waals surface area contributed by atoms with Gasteiger partial charge in [-0.2, -0.15) is 0 Å². The van der Waals surface area contributed by atoms with E-state index in [1.807, 2.05) is 23.9 Å². The lowest BCUT2D eigenvalue weighted by molar-refractivity contribution is 0.129. The second-order valence-electron chi connectivity index (χ2n) is 3.99. The minimum atomic E-state index is 0.426. The summed E-state index contributed by atoms with van der Waals surface area (Å²) in [7, 11) is 0. The van der Waals surface area contributed by atoms with E-state index in [9.17, 15) is 0 Å². The molecule has 15 heavy (non-hydrogen) atoms. The zero-order chi connectivity index (χ0) is 10.7. The van der Waals surface area contributed by atoms with Gasteiger partial charge in [0.2, 0.25) is 0 Å². The number of benzene rings is 1. The predicted octanol–water partition coefficient (Wildman–Crippen LogP) is 2.85. The number of hydrogen-bond donors (Lipinski definition) is 1. The van der Waals surface area contributed by atoms with Crippen LogP contribution < -0.4 is 5.73 Å². The van der Waals surface area contributed by atoms with Crippen molar-refractivity contribution in [1.82, 2.24) is 0 Å². The maximum absolute atomic E-state index is 5.91. The van der Waals surface area contributed by atoms with Gasteiger partial charge in [-0.05, 0) is 37.5 Å². The number of rotatable bonds is 3. The molecule has 1 heterocycles. The van der Waals surface area contributed by atoms with Crippen LogP contribution in [-0.4, -0.2) is 18.5 Å². The molecular formula is C12H17NOS. The van der Waals surface area contributed by atoms with E-state index in [2.05, 4.69) is 13.0 Å². The number of hydrogen-bond acceptors (Lipinski definition) is 3. The summed E-state index contributed by atoms with van der Waals surface area (Å²) < 4.78 is 5.58. The van der Waals surface area contributed by atoms with Gasteiger partial charge in [0.1, 0.15) is 0 Å². The average Bonchev–Trinajstić information content (AvgIpc) is 2.72. The van der Waals surface area contributed by atoms with E-state index in [-0.39, 0.29) is 0 Å². The molecule has 0 radical (unpaired) electrons. The Balaban J connectivity index is 1.94. The highest BCUT2D eigenvalue weighted by atomic mass is 32.2. The Morgan fingerprint density at radius 3 is 3.13 bits per heavy atom. The third-order valence-electron chi connectivity index (χ3n) is 2.62. The zero-order valence-corrected chi connectivity index (χ0v) is 9.85. The van der Waals surface area contributed by atoms with Crippen LogP contribution in [0.3, 0.4) is 0 Å². The molecule has 0 amide bonds. The van der Waals surface area contributed by atoms with E-state index < -0.39 is 0 Å². The zero-order valence-electron chi connectivity index (χ0n) is 9.03. The van der Waals surface area contributed by atoms with Gasteiger partial charge in [-0.25, -0.2) is 0 Å². The minimum Gasteiger partial charge on any atom is -0.398 e. The first-order chi connectivity index (χ1) is 7.25. The van der Waals surface area contributed by atoms with Gasteiger partial charge < -0.3 is 10.5 Å². The molecule has 0 spiro atoms. The second kappa shape index (κ2) is 4.90. The lowest BCUT2D eigenvalue weighted by Gasteiger charge is -2.10. The maximum atomic E-state index is 5.91. The molecule has 1 aliphatic rings. The highest BCUT2D eigenvalue weighted by Crippen LogP contribution is 2.28. The average molecular weight is 223 g/mol. The summed E-state index contributed by atoms with van der Waals surface area (Å²) in [5, 5.41) is 0. The van der Waals surface area contributed by atoms with E-state index in [0.717, 1.165) is 18.0 Å². The van der Waals surface area contributed by atoms with E-state index in [1.165, 1.54) is 23.3 Å². The van der Waals surface area contributed by atoms with Crippen LogP contribution in [0, 0.1) is 6.92 Å². The van der Waals surface area contributed by atoms with Crippen molar-refractivity contribution in [3.63, 3.8) is 0 Å². The van der Waals surface area contributed by atoms with Crippen LogP contribution in [-0.2, 0) is 4.74 Å². The van der Waals surface area contributed by atoms with Crippen molar-refractivity contribution < 1.29 is 4.74 Å². The number of nitrogens with two attached hydrogens (primary N) is 1. The van der Waals surface area contributed by atoms with Gasteiger partial charge in [-0.1, -0.05) is 6.07 Å². The van der Waals surface area contributed by atoms with Crippen molar-refractivity contribution in [3.05, 3.63) is 23.8 Å². The van der Waals surface area contributed by atoms with Crippen molar-refractivity contribution in [2.45, 2.75) is 30.8 Å². The molecule has 0 saturated carbocycles. The summed E-state index contributed by atoms with van der Waals surface area (Å²) in [6.45, 7) is 3.02. The molecule has 2 nitrogen and oxygen atoms in total. The molecular weight excluding hydrogens is 206 g/mol. The first-order valence-electron chi connectivity index (χ1n) is 5.36. The molecule has 1 atom stereocenters. The number of aryl methyl sites for hydroxylation is 1. The Kier molecular flexibility index (Phi) is 3.54. The molecule has 1 aliphatic heterocycles. The number of thioether (sulfide) groups is 1. The molecule has 1 fully saturated rings. The molecule has 0 aromatic heterocycles. The maximum Gasteiger partial charge on any atom is 0.0669 e.